The maximum Gasteiger partial charge on any atom is 0.195 e. The smallest absolute Gasteiger partial charge is 0.195 e. The van der Waals surface area contributed by atoms with Crippen molar-refractivity contribution in [3.05, 3.63) is 99.2 Å². The number of rotatable bonds is 3. The van der Waals surface area contributed by atoms with Gasteiger partial charge >= 0.3 is 0 Å². The standard InChI is InChI=1S/C28H24BrNO4/c1-28(2)22-13-18(34-19-14-32-27(33-15-19)16-6-4-3-5-7-16)9-11-20(22)25(31)24-21-10-8-17(29)12-23(21)30-26(24)28/h3-13,19,27,30H,14-15H2,1-2H3. The van der Waals surface area contributed by atoms with Gasteiger partial charge in [-0.15, -0.1) is 0 Å². The monoisotopic (exact) mass is 517 g/mol. The molecule has 6 heteroatoms. The average Bonchev–Trinajstić information content (AvgIpc) is 3.24. The van der Waals surface area contributed by atoms with E-state index in [0.29, 0.717) is 24.5 Å². The first-order chi connectivity index (χ1) is 16.4. The van der Waals surface area contributed by atoms with Crippen LogP contribution in [0, 0.1) is 0 Å². The summed E-state index contributed by atoms with van der Waals surface area (Å²) in [5.41, 5.74) is 4.93. The molecular weight excluding hydrogens is 494 g/mol. The van der Waals surface area contributed by atoms with Crippen molar-refractivity contribution in [1.82, 2.24) is 4.98 Å². The number of fused-ring (bicyclic) bond motifs is 4. The van der Waals surface area contributed by atoms with E-state index < -0.39 is 0 Å². The van der Waals surface area contributed by atoms with Crippen molar-refractivity contribution in [1.29, 1.82) is 0 Å². The lowest BCUT2D eigenvalue weighted by molar-refractivity contribution is -0.215. The molecule has 0 bridgehead atoms. The van der Waals surface area contributed by atoms with Gasteiger partial charge in [-0.3, -0.25) is 4.79 Å². The van der Waals surface area contributed by atoms with Crippen LogP contribution >= 0.6 is 15.9 Å². The first-order valence-electron chi connectivity index (χ1n) is 11.4. The number of hydrogen-bond acceptors (Lipinski definition) is 4. The first kappa shape index (κ1) is 21.6. The molecule has 1 aliphatic carbocycles. The number of H-pyrrole nitrogens is 1. The molecule has 5 nitrogen and oxygen atoms in total. The van der Waals surface area contributed by atoms with Crippen LogP contribution in [-0.2, 0) is 14.9 Å². The zero-order valence-electron chi connectivity index (χ0n) is 18.9. The van der Waals surface area contributed by atoms with Crippen LogP contribution in [0.2, 0.25) is 0 Å². The Bertz CT molecular complexity index is 1400. The first-order valence-corrected chi connectivity index (χ1v) is 12.2. The fourth-order valence-corrected chi connectivity index (χ4v) is 5.37. The minimum Gasteiger partial charge on any atom is -0.486 e. The number of hydrogen-bond donors (Lipinski definition) is 1. The molecule has 3 aromatic carbocycles. The van der Waals surface area contributed by atoms with Gasteiger partial charge in [0, 0.05) is 37.6 Å². The Kier molecular flexibility index (Phi) is 5.13. The Morgan fingerprint density at radius 3 is 2.53 bits per heavy atom. The summed E-state index contributed by atoms with van der Waals surface area (Å²) in [6.07, 6.45) is -0.594. The summed E-state index contributed by atoms with van der Waals surface area (Å²) >= 11 is 3.53. The highest BCUT2D eigenvalue weighted by Gasteiger charge is 2.40. The van der Waals surface area contributed by atoms with Gasteiger partial charge in [0.25, 0.3) is 0 Å². The molecule has 0 saturated carbocycles. The van der Waals surface area contributed by atoms with E-state index in [1.807, 2.05) is 66.7 Å². The number of carbonyl (C=O) groups excluding carboxylic acids is 1. The minimum atomic E-state index is -0.387. The number of aromatic nitrogens is 1. The Hall–Kier alpha value is -2.93. The van der Waals surface area contributed by atoms with Crippen molar-refractivity contribution in [2.75, 3.05) is 13.2 Å². The molecule has 34 heavy (non-hydrogen) atoms. The highest BCUT2D eigenvalue weighted by atomic mass is 79.9. The maximum absolute atomic E-state index is 13.5. The van der Waals surface area contributed by atoms with E-state index in [4.69, 9.17) is 14.2 Å². The molecule has 2 aliphatic rings. The molecule has 1 N–H and O–H groups in total. The third-order valence-corrected chi connectivity index (χ3v) is 7.26. The summed E-state index contributed by atoms with van der Waals surface area (Å²) in [5.74, 6) is 0.747. The van der Waals surface area contributed by atoms with Crippen LogP contribution in [0.25, 0.3) is 10.9 Å². The molecule has 6 rings (SSSR count). The Labute approximate surface area is 206 Å². The lowest BCUT2D eigenvalue weighted by Gasteiger charge is -2.33. The van der Waals surface area contributed by atoms with E-state index in [-0.39, 0.29) is 23.6 Å². The highest BCUT2D eigenvalue weighted by molar-refractivity contribution is 9.10. The second-order valence-electron chi connectivity index (χ2n) is 9.38. The molecule has 1 aromatic heterocycles. The summed E-state index contributed by atoms with van der Waals surface area (Å²) in [7, 11) is 0. The van der Waals surface area contributed by atoms with E-state index in [0.717, 1.165) is 37.8 Å². The van der Waals surface area contributed by atoms with Crippen molar-refractivity contribution in [2.24, 2.45) is 0 Å². The van der Waals surface area contributed by atoms with E-state index in [1.165, 1.54) is 0 Å². The van der Waals surface area contributed by atoms with Crippen LogP contribution in [0.3, 0.4) is 0 Å². The summed E-state index contributed by atoms with van der Waals surface area (Å²) in [5, 5.41) is 0.951. The molecule has 4 aromatic rings. The van der Waals surface area contributed by atoms with Gasteiger partial charge in [-0.25, -0.2) is 0 Å². The second kappa shape index (κ2) is 8.08. The maximum atomic E-state index is 13.5. The van der Waals surface area contributed by atoms with E-state index in [2.05, 4.69) is 34.8 Å². The number of benzene rings is 3. The second-order valence-corrected chi connectivity index (χ2v) is 10.3. The fraction of sp³-hybridized carbons (Fsp3) is 0.250. The van der Waals surface area contributed by atoms with Crippen molar-refractivity contribution in [3.8, 4) is 5.75 Å². The summed E-state index contributed by atoms with van der Waals surface area (Å²) in [6.45, 7) is 5.14. The Morgan fingerprint density at radius 1 is 1.00 bits per heavy atom. The summed E-state index contributed by atoms with van der Waals surface area (Å²) in [4.78, 5) is 17.0. The molecule has 0 atom stereocenters. The van der Waals surface area contributed by atoms with E-state index in [1.54, 1.807) is 0 Å². The van der Waals surface area contributed by atoms with Gasteiger partial charge in [0.1, 0.15) is 11.9 Å². The molecule has 1 saturated heterocycles. The van der Waals surface area contributed by atoms with Crippen molar-refractivity contribution >= 4 is 32.6 Å². The summed E-state index contributed by atoms with van der Waals surface area (Å²) < 4.78 is 19.0. The average molecular weight is 518 g/mol. The molecule has 0 amide bonds. The van der Waals surface area contributed by atoms with E-state index >= 15 is 0 Å². The molecule has 0 spiro atoms. The van der Waals surface area contributed by atoms with Gasteiger partial charge in [-0.05, 0) is 35.9 Å². The van der Waals surface area contributed by atoms with Crippen LogP contribution in [0.4, 0.5) is 0 Å². The molecule has 172 valence electrons. The van der Waals surface area contributed by atoms with Crippen LogP contribution in [0.5, 0.6) is 5.75 Å². The number of carbonyl (C=O) groups is 1. The summed E-state index contributed by atoms with van der Waals surface area (Å²) in [6, 6.07) is 21.6. The van der Waals surface area contributed by atoms with Crippen LogP contribution in [0.1, 0.15) is 52.9 Å². The zero-order chi connectivity index (χ0) is 23.4. The topological polar surface area (TPSA) is 60.6 Å². The van der Waals surface area contributed by atoms with Gasteiger partial charge < -0.3 is 19.2 Å². The third-order valence-electron chi connectivity index (χ3n) is 6.76. The van der Waals surface area contributed by atoms with Gasteiger partial charge in [-0.2, -0.15) is 0 Å². The van der Waals surface area contributed by atoms with Crippen molar-refractivity contribution in [3.63, 3.8) is 0 Å². The normalized spacial score (nSPS) is 21.2. The van der Waals surface area contributed by atoms with Crippen LogP contribution < -0.4 is 4.74 Å². The van der Waals surface area contributed by atoms with Crippen molar-refractivity contribution < 1.29 is 19.0 Å². The Morgan fingerprint density at radius 2 is 1.76 bits per heavy atom. The SMILES string of the molecule is CC1(C)c2cc(OC3COC(c4ccccc4)OC3)ccc2C(=O)c2c1[nH]c1cc(Br)ccc21. The number of ketones is 1. The predicted octanol–water partition coefficient (Wildman–Crippen LogP) is 6.29. The number of aromatic amines is 1. The van der Waals surface area contributed by atoms with Crippen molar-refractivity contribution in [2.45, 2.75) is 31.7 Å². The molecule has 1 aliphatic heterocycles. The van der Waals surface area contributed by atoms with E-state index in [9.17, 15) is 4.79 Å². The minimum absolute atomic E-state index is 0.0412. The highest BCUT2D eigenvalue weighted by Crippen LogP contribution is 2.45. The molecule has 0 unspecified atom stereocenters. The molecular formula is C28H24BrNO4. The number of nitrogens with one attached hydrogen (secondary N) is 1. The lowest BCUT2D eigenvalue weighted by atomic mass is 9.71. The molecule has 0 radical (unpaired) electrons. The quantitative estimate of drug-likeness (QED) is 0.346. The third kappa shape index (κ3) is 3.49. The zero-order valence-corrected chi connectivity index (χ0v) is 20.5. The van der Waals surface area contributed by atoms with Gasteiger partial charge in [0.05, 0.1) is 18.8 Å². The van der Waals surface area contributed by atoms with Gasteiger partial charge in [0.15, 0.2) is 12.1 Å². The van der Waals surface area contributed by atoms with Gasteiger partial charge in [-0.1, -0.05) is 66.2 Å². The predicted molar refractivity (Wildman–Crippen MR) is 134 cm³/mol. The molecule has 1 fully saturated rings. The number of ether oxygens (including phenoxy) is 3. The number of halogens is 1. The largest absolute Gasteiger partial charge is 0.486 e. The van der Waals surface area contributed by atoms with Gasteiger partial charge in [0.2, 0.25) is 0 Å². The molecule has 2 heterocycles. The fourth-order valence-electron chi connectivity index (χ4n) is 5.00. The van der Waals surface area contributed by atoms with Crippen LogP contribution in [0.15, 0.2) is 71.2 Å². The lowest BCUT2D eigenvalue weighted by Crippen LogP contribution is -2.36. The van der Waals surface area contributed by atoms with Crippen LogP contribution in [-0.4, -0.2) is 30.1 Å². The Balaban J connectivity index is 1.27.